The van der Waals surface area contributed by atoms with Crippen LogP contribution in [0, 0.1) is 18.6 Å². The molecular weight excluding hydrogens is 272 g/mol. The molecule has 0 aliphatic carbocycles. The highest BCUT2D eigenvalue weighted by atomic mass is 19.1. The molecule has 21 heavy (non-hydrogen) atoms. The molecule has 0 aliphatic heterocycles. The zero-order chi connectivity index (χ0) is 15.6. The van der Waals surface area contributed by atoms with Crippen molar-refractivity contribution in [3.05, 3.63) is 64.7 Å². The van der Waals surface area contributed by atoms with Crippen molar-refractivity contribution in [2.75, 3.05) is 0 Å². The van der Waals surface area contributed by atoms with E-state index in [2.05, 4.69) is 0 Å². The first-order valence-corrected chi connectivity index (χ1v) is 6.86. The minimum absolute atomic E-state index is 0.0428. The average Bonchev–Trinajstić information content (AvgIpc) is 2.41. The van der Waals surface area contributed by atoms with E-state index in [-0.39, 0.29) is 11.7 Å². The molecule has 0 fully saturated rings. The summed E-state index contributed by atoms with van der Waals surface area (Å²) < 4.78 is 32.9. The largest absolute Gasteiger partial charge is 0.491 e. The fourth-order valence-electron chi connectivity index (χ4n) is 2.15. The Labute approximate surface area is 123 Å². The predicted molar refractivity (Wildman–Crippen MR) is 79.3 cm³/mol. The number of halogens is 2. The van der Waals surface area contributed by atoms with Crippen molar-refractivity contribution in [2.45, 2.75) is 32.9 Å². The van der Waals surface area contributed by atoms with Crippen LogP contribution in [0.15, 0.2) is 36.4 Å². The summed E-state index contributed by atoms with van der Waals surface area (Å²) in [5.74, 6) is -0.529. The quantitative estimate of drug-likeness (QED) is 0.920. The van der Waals surface area contributed by atoms with Crippen LogP contribution in [-0.2, 0) is 0 Å². The first-order valence-electron chi connectivity index (χ1n) is 6.86. The van der Waals surface area contributed by atoms with Gasteiger partial charge in [-0.25, -0.2) is 8.78 Å². The summed E-state index contributed by atoms with van der Waals surface area (Å²) in [6.45, 7) is 5.44. The molecule has 0 amide bonds. The monoisotopic (exact) mass is 291 g/mol. The van der Waals surface area contributed by atoms with Gasteiger partial charge in [0.2, 0.25) is 0 Å². The van der Waals surface area contributed by atoms with E-state index in [4.69, 9.17) is 10.5 Å². The lowest BCUT2D eigenvalue weighted by atomic mass is 9.97. The van der Waals surface area contributed by atoms with Crippen LogP contribution >= 0.6 is 0 Å². The number of rotatable bonds is 4. The molecule has 0 spiro atoms. The van der Waals surface area contributed by atoms with Gasteiger partial charge in [0.1, 0.15) is 17.4 Å². The number of ether oxygens (including phenoxy) is 1. The minimum Gasteiger partial charge on any atom is -0.491 e. The van der Waals surface area contributed by atoms with Gasteiger partial charge in [0.05, 0.1) is 12.1 Å². The number of hydrogen-bond acceptors (Lipinski definition) is 2. The van der Waals surface area contributed by atoms with Crippen LogP contribution in [0.3, 0.4) is 0 Å². The highest BCUT2D eigenvalue weighted by Crippen LogP contribution is 2.27. The molecule has 2 N–H and O–H groups in total. The molecule has 2 aromatic rings. The standard InChI is InChI=1S/C17H19F2NO/c1-10(2)21-13-6-4-5-12(8-13)17(20)14-7-11(3)15(18)9-16(14)19/h4-10,17H,20H2,1-3H3. The molecule has 2 nitrogen and oxygen atoms in total. The van der Waals surface area contributed by atoms with Crippen LogP contribution < -0.4 is 10.5 Å². The van der Waals surface area contributed by atoms with E-state index in [0.29, 0.717) is 11.3 Å². The molecule has 0 bridgehead atoms. The van der Waals surface area contributed by atoms with Gasteiger partial charge in [-0.3, -0.25) is 0 Å². The first-order chi connectivity index (χ1) is 9.88. The van der Waals surface area contributed by atoms with Crippen molar-refractivity contribution in [2.24, 2.45) is 5.73 Å². The van der Waals surface area contributed by atoms with Crippen molar-refractivity contribution >= 4 is 0 Å². The Hall–Kier alpha value is -1.94. The summed E-state index contributed by atoms with van der Waals surface area (Å²) in [5, 5.41) is 0. The molecule has 4 heteroatoms. The second kappa shape index (κ2) is 6.22. The number of hydrogen-bond donors (Lipinski definition) is 1. The number of aryl methyl sites for hydroxylation is 1. The first kappa shape index (κ1) is 15.4. The Morgan fingerprint density at radius 3 is 2.43 bits per heavy atom. The van der Waals surface area contributed by atoms with Gasteiger partial charge in [0.15, 0.2) is 0 Å². The van der Waals surface area contributed by atoms with Crippen molar-refractivity contribution in [1.82, 2.24) is 0 Å². The fourth-order valence-corrected chi connectivity index (χ4v) is 2.15. The Bertz CT molecular complexity index is 641. The maximum absolute atomic E-state index is 13.9. The molecule has 0 radical (unpaired) electrons. The lowest BCUT2D eigenvalue weighted by molar-refractivity contribution is 0.242. The third-order valence-electron chi connectivity index (χ3n) is 3.20. The van der Waals surface area contributed by atoms with Crippen LogP contribution in [0.25, 0.3) is 0 Å². The van der Waals surface area contributed by atoms with E-state index < -0.39 is 17.7 Å². The van der Waals surface area contributed by atoms with Crippen LogP contribution in [0.1, 0.15) is 36.6 Å². The molecule has 2 aromatic carbocycles. The second-order valence-electron chi connectivity index (χ2n) is 5.34. The lowest BCUT2D eigenvalue weighted by Crippen LogP contribution is -2.15. The molecule has 0 saturated carbocycles. The Morgan fingerprint density at radius 1 is 1.05 bits per heavy atom. The Balaban J connectivity index is 2.36. The molecule has 112 valence electrons. The summed E-state index contributed by atoms with van der Waals surface area (Å²) in [6, 6.07) is 8.87. The molecule has 2 rings (SSSR count). The molecular formula is C17H19F2NO. The minimum atomic E-state index is -0.667. The van der Waals surface area contributed by atoms with Gasteiger partial charge in [0, 0.05) is 11.6 Å². The van der Waals surface area contributed by atoms with Gasteiger partial charge < -0.3 is 10.5 Å². The maximum atomic E-state index is 13.9. The topological polar surface area (TPSA) is 35.2 Å². The normalized spacial score (nSPS) is 12.5. The fraction of sp³-hybridized carbons (Fsp3) is 0.294. The smallest absolute Gasteiger partial charge is 0.131 e. The van der Waals surface area contributed by atoms with Crippen LogP contribution in [0.2, 0.25) is 0 Å². The van der Waals surface area contributed by atoms with E-state index in [1.165, 1.54) is 6.07 Å². The summed E-state index contributed by atoms with van der Waals surface area (Å²) in [5.41, 5.74) is 7.48. The van der Waals surface area contributed by atoms with E-state index >= 15 is 0 Å². The van der Waals surface area contributed by atoms with E-state index in [1.807, 2.05) is 19.9 Å². The van der Waals surface area contributed by atoms with Gasteiger partial charge >= 0.3 is 0 Å². The highest BCUT2D eigenvalue weighted by molar-refractivity contribution is 5.38. The Morgan fingerprint density at radius 2 is 1.76 bits per heavy atom. The molecule has 0 saturated heterocycles. The molecule has 0 aliphatic rings. The van der Waals surface area contributed by atoms with Gasteiger partial charge in [-0.05, 0) is 50.1 Å². The van der Waals surface area contributed by atoms with Crippen molar-refractivity contribution in [3.8, 4) is 5.75 Å². The summed E-state index contributed by atoms with van der Waals surface area (Å²) in [4.78, 5) is 0. The highest BCUT2D eigenvalue weighted by Gasteiger charge is 2.16. The van der Waals surface area contributed by atoms with E-state index in [9.17, 15) is 8.78 Å². The zero-order valence-electron chi connectivity index (χ0n) is 12.4. The van der Waals surface area contributed by atoms with Gasteiger partial charge in [-0.1, -0.05) is 12.1 Å². The van der Waals surface area contributed by atoms with Gasteiger partial charge in [-0.2, -0.15) is 0 Å². The SMILES string of the molecule is Cc1cc(C(N)c2cccc(OC(C)C)c2)c(F)cc1F. The molecule has 1 unspecified atom stereocenters. The second-order valence-corrected chi connectivity index (χ2v) is 5.34. The molecule has 0 aromatic heterocycles. The van der Waals surface area contributed by atoms with Gasteiger partial charge in [-0.15, -0.1) is 0 Å². The van der Waals surface area contributed by atoms with E-state index in [1.54, 1.807) is 25.1 Å². The van der Waals surface area contributed by atoms with Crippen molar-refractivity contribution < 1.29 is 13.5 Å². The maximum Gasteiger partial charge on any atom is 0.131 e. The Kier molecular flexibility index (Phi) is 4.58. The van der Waals surface area contributed by atoms with Crippen LogP contribution in [0.5, 0.6) is 5.75 Å². The third kappa shape index (κ3) is 3.58. The molecule has 1 atom stereocenters. The molecule has 0 heterocycles. The zero-order valence-corrected chi connectivity index (χ0v) is 12.4. The van der Waals surface area contributed by atoms with Crippen molar-refractivity contribution in [1.29, 1.82) is 0 Å². The predicted octanol–water partition coefficient (Wildman–Crippen LogP) is 4.11. The average molecular weight is 291 g/mol. The lowest BCUT2D eigenvalue weighted by Gasteiger charge is -2.17. The number of nitrogens with two attached hydrogens (primary N) is 1. The number of benzene rings is 2. The summed E-state index contributed by atoms with van der Waals surface area (Å²) in [7, 11) is 0. The summed E-state index contributed by atoms with van der Waals surface area (Å²) in [6.07, 6.45) is 0.0428. The van der Waals surface area contributed by atoms with Crippen LogP contribution in [0.4, 0.5) is 8.78 Å². The van der Waals surface area contributed by atoms with Gasteiger partial charge in [0.25, 0.3) is 0 Å². The van der Waals surface area contributed by atoms with E-state index in [0.717, 1.165) is 11.6 Å². The summed E-state index contributed by atoms with van der Waals surface area (Å²) >= 11 is 0. The van der Waals surface area contributed by atoms with Crippen molar-refractivity contribution in [3.63, 3.8) is 0 Å². The third-order valence-corrected chi connectivity index (χ3v) is 3.20. The van der Waals surface area contributed by atoms with Crippen LogP contribution in [-0.4, -0.2) is 6.10 Å².